The first-order valence-corrected chi connectivity index (χ1v) is 7.41. The molecule has 0 unspecified atom stereocenters. The molecule has 0 atom stereocenters. The number of benzene rings is 1. The number of esters is 1. The molecular formula is C13H15NO4S. The van der Waals surface area contributed by atoms with Gasteiger partial charge in [-0.1, -0.05) is 24.3 Å². The Morgan fingerprint density at radius 1 is 1.32 bits per heavy atom. The number of ether oxygens (including phenoxy) is 1. The van der Waals surface area contributed by atoms with Crippen LogP contribution in [0.5, 0.6) is 0 Å². The normalized spacial score (nSPS) is 16.2. The molecule has 0 N–H and O–H groups in total. The van der Waals surface area contributed by atoms with E-state index >= 15 is 0 Å². The van der Waals surface area contributed by atoms with Gasteiger partial charge < -0.3 is 4.74 Å². The summed E-state index contributed by atoms with van der Waals surface area (Å²) in [6.45, 7) is 2.26. The third-order valence-corrected chi connectivity index (χ3v) is 4.63. The molecule has 19 heavy (non-hydrogen) atoms. The van der Waals surface area contributed by atoms with E-state index in [1.807, 2.05) is 0 Å². The van der Waals surface area contributed by atoms with Crippen molar-refractivity contribution in [2.75, 3.05) is 19.7 Å². The van der Waals surface area contributed by atoms with Gasteiger partial charge >= 0.3 is 5.97 Å². The summed E-state index contributed by atoms with van der Waals surface area (Å²) in [5, 5.41) is 0. The zero-order chi connectivity index (χ0) is 13.9. The third kappa shape index (κ3) is 2.85. The lowest BCUT2D eigenvalue weighted by Gasteiger charge is -2.16. The molecule has 102 valence electrons. The molecule has 0 amide bonds. The van der Waals surface area contributed by atoms with E-state index in [1.165, 1.54) is 16.4 Å². The summed E-state index contributed by atoms with van der Waals surface area (Å²) < 4.78 is 30.7. The Hall–Kier alpha value is -1.66. The molecule has 0 saturated carbocycles. The number of nitrogens with zero attached hydrogens (tertiary/aromatic N) is 1. The first kappa shape index (κ1) is 13.8. The quantitative estimate of drug-likeness (QED) is 0.777. The molecule has 0 saturated heterocycles. The van der Waals surface area contributed by atoms with Crippen LogP contribution in [0.25, 0.3) is 0 Å². The second-order valence-corrected chi connectivity index (χ2v) is 6.00. The van der Waals surface area contributed by atoms with Crippen molar-refractivity contribution >= 4 is 16.0 Å². The van der Waals surface area contributed by atoms with Crippen molar-refractivity contribution < 1.29 is 17.9 Å². The van der Waals surface area contributed by atoms with Crippen LogP contribution >= 0.6 is 0 Å². The van der Waals surface area contributed by atoms with Gasteiger partial charge in [-0.25, -0.2) is 13.2 Å². The minimum absolute atomic E-state index is 0.0655. The van der Waals surface area contributed by atoms with Crippen LogP contribution in [0.4, 0.5) is 0 Å². The van der Waals surface area contributed by atoms with Crippen LogP contribution in [-0.2, 0) is 19.6 Å². The van der Waals surface area contributed by atoms with Crippen molar-refractivity contribution in [1.82, 2.24) is 4.31 Å². The molecule has 1 aromatic carbocycles. The van der Waals surface area contributed by atoms with Crippen molar-refractivity contribution in [3.8, 4) is 0 Å². The van der Waals surface area contributed by atoms with E-state index in [0.29, 0.717) is 5.57 Å². The zero-order valence-electron chi connectivity index (χ0n) is 10.6. The summed E-state index contributed by atoms with van der Waals surface area (Å²) in [5.41, 5.74) is 0.390. The topological polar surface area (TPSA) is 63.7 Å². The van der Waals surface area contributed by atoms with Gasteiger partial charge in [0.05, 0.1) is 11.5 Å². The van der Waals surface area contributed by atoms with Gasteiger partial charge in [-0.3, -0.25) is 0 Å². The molecule has 1 aliphatic heterocycles. The molecule has 0 aromatic heterocycles. The number of sulfonamides is 1. The number of carbonyl (C=O) groups is 1. The Labute approximate surface area is 112 Å². The van der Waals surface area contributed by atoms with E-state index in [4.69, 9.17) is 4.74 Å². The molecular weight excluding hydrogens is 266 g/mol. The molecule has 2 rings (SSSR count). The smallest absolute Gasteiger partial charge is 0.335 e. The van der Waals surface area contributed by atoms with Gasteiger partial charge in [0.1, 0.15) is 0 Å². The second kappa shape index (κ2) is 5.54. The maximum Gasteiger partial charge on any atom is 0.335 e. The maximum absolute atomic E-state index is 12.3. The lowest BCUT2D eigenvalue weighted by molar-refractivity contribution is -0.138. The highest BCUT2D eigenvalue weighted by Crippen LogP contribution is 2.21. The Bertz CT molecular complexity index is 592. The molecule has 6 heteroatoms. The van der Waals surface area contributed by atoms with E-state index in [2.05, 4.69) is 0 Å². The van der Waals surface area contributed by atoms with Crippen LogP contribution in [0.2, 0.25) is 0 Å². The Balaban J connectivity index is 2.13. The Morgan fingerprint density at radius 3 is 2.63 bits per heavy atom. The molecule has 5 nitrogen and oxygen atoms in total. The van der Waals surface area contributed by atoms with Crippen LogP contribution < -0.4 is 0 Å². The second-order valence-electron chi connectivity index (χ2n) is 4.06. The van der Waals surface area contributed by atoms with Crippen molar-refractivity contribution in [3.63, 3.8) is 0 Å². The molecule has 1 aromatic rings. The summed E-state index contributed by atoms with van der Waals surface area (Å²) in [4.78, 5) is 11.8. The van der Waals surface area contributed by atoms with Gasteiger partial charge in [0.2, 0.25) is 10.0 Å². The van der Waals surface area contributed by atoms with Crippen molar-refractivity contribution in [2.45, 2.75) is 11.8 Å². The first-order chi connectivity index (χ1) is 9.05. The van der Waals surface area contributed by atoms with Gasteiger partial charge in [-0.2, -0.15) is 4.31 Å². The molecule has 1 aliphatic rings. The molecule has 0 bridgehead atoms. The van der Waals surface area contributed by atoms with Gasteiger partial charge in [0.25, 0.3) is 0 Å². The van der Waals surface area contributed by atoms with E-state index in [-0.39, 0.29) is 24.6 Å². The van der Waals surface area contributed by atoms with Crippen LogP contribution in [0.15, 0.2) is 46.9 Å². The predicted octanol–water partition coefficient (Wildman–Crippen LogP) is 1.18. The fourth-order valence-electron chi connectivity index (χ4n) is 1.83. The third-order valence-electron chi connectivity index (χ3n) is 2.81. The summed E-state index contributed by atoms with van der Waals surface area (Å²) >= 11 is 0. The predicted molar refractivity (Wildman–Crippen MR) is 69.9 cm³/mol. The lowest BCUT2D eigenvalue weighted by atomic mass is 10.3. The Kier molecular flexibility index (Phi) is 4.01. The SMILES string of the molecule is CCOC(=O)C1=CCN(S(=O)(=O)c2ccccc2)C1. The van der Waals surface area contributed by atoms with Gasteiger partial charge in [0, 0.05) is 18.7 Å². The van der Waals surface area contributed by atoms with Crippen LogP contribution in [0.1, 0.15) is 6.92 Å². The van der Waals surface area contributed by atoms with Crippen molar-refractivity contribution in [1.29, 1.82) is 0 Å². The van der Waals surface area contributed by atoms with E-state index in [0.717, 1.165) is 0 Å². The number of hydrogen-bond acceptors (Lipinski definition) is 4. The van der Waals surface area contributed by atoms with Crippen LogP contribution in [0, 0.1) is 0 Å². The minimum atomic E-state index is -3.55. The van der Waals surface area contributed by atoms with Crippen LogP contribution in [0.3, 0.4) is 0 Å². The molecule has 0 fully saturated rings. The largest absolute Gasteiger partial charge is 0.463 e. The number of rotatable bonds is 4. The van der Waals surface area contributed by atoms with Gasteiger partial charge in [0.15, 0.2) is 0 Å². The summed E-state index contributed by atoms with van der Waals surface area (Å²) in [5.74, 6) is -0.451. The maximum atomic E-state index is 12.3. The van der Waals surface area contributed by atoms with Crippen LogP contribution in [-0.4, -0.2) is 38.4 Å². The fraction of sp³-hybridized carbons (Fsp3) is 0.308. The summed E-state index contributed by atoms with van der Waals surface area (Å²) in [7, 11) is -3.55. The zero-order valence-corrected chi connectivity index (χ0v) is 11.4. The lowest BCUT2D eigenvalue weighted by Crippen LogP contribution is -2.30. The van der Waals surface area contributed by atoms with E-state index < -0.39 is 16.0 Å². The average molecular weight is 281 g/mol. The molecule has 0 aliphatic carbocycles. The Morgan fingerprint density at radius 2 is 2.00 bits per heavy atom. The fourth-order valence-corrected chi connectivity index (χ4v) is 3.21. The number of carbonyl (C=O) groups excluding carboxylic acids is 1. The monoisotopic (exact) mass is 281 g/mol. The highest BCUT2D eigenvalue weighted by molar-refractivity contribution is 7.89. The minimum Gasteiger partial charge on any atom is -0.463 e. The highest BCUT2D eigenvalue weighted by Gasteiger charge is 2.30. The van der Waals surface area contributed by atoms with Gasteiger partial charge in [-0.05, 0) is 19.1 Å². The summed E-state index contributed by atoms with van der Waals surface area (Å²) in [6, 6.07) is 8.17. The van der Waals surface area contributed by atoms with E-state index in [1.54, 1.807) is 31.2 Å². The van der Waals surface area contributed by atoms with Crippen molar-refractivity contribution in [2.24, 2.45) is 0 Å². The summed E-state index contributed by atoms with van der Waals surface area (Å²) in [6.07, 6.45) is 1.60. The molecule has 0 spiro atoms. The van der Waals surface area contributed by atoms with Gasteiger partial charge in [-0.15, -0.1) is 0 Å². The van der Waals surface area contributed by atoms with E-state index in [9.17, 15) is 13.2 Å². The standard InChI is InChI=1S/C13H15NO4S/c1-2-18-13(15)11-8-9-14(10-11)19(16,17)12-6-4-3-5-7-12/h3-8H,2,9-10H2,1H3. The number of hydrogen-bond donors (Lipinski definition) is 0. The first-order valence-electron chi connectivity index (χ1n) is 5.97. The highest BCUT2D eigenvalue weighted by atomic mass is 32.2. The van der Waals surface area contributed by atoms with Crippen molar-refractivity contribution in [3.05, 3.63) is 42.0 Å². The molecule has 0 radical (unpaired) electrons. The molecule has 1 heterocycles. The average Bonchev–Trinajstić information content (AvgIpc) is 2.90.